The molecule has 0 aliphatic rings. The zero-order valence-corrected chi connectivity index (χ0v) is 5.40. The molecule has 0 unspecified atom stereocenters. The first kappa shape index (κ1) is 8.61. The molecule has 0 fully saturated rings. The molecule has 0 aliphatic carbocycles. The smallest absolute Gasteiger partial charge is 0.311 e. The van der Waals surface area contributed by atoms with Crippen LogP contribution in [0.4, 0.5) is 0 Å². The van der Waals surface area contributed by atoms with E-state index in [9.17, 15) is 9.59 Å². The number of oxime groups is 1. The molecule has 0 aliphatic heterocycles. The van der Waals surface area contributed by atoms with E-state index in [1.807, 2.05) is 0 Å². The van der Waals surface area contributed by atoms with Crippen LogP contribution < -0.4 is 0 Å². The van der Waals surface area contributed by atoms with Crippen molar-refractivity contribution in [1.29, 1.82) is 0 Å². The molecule has 0 saturated carbocycles. The summed E-state index contributed by atoms with van der Waals surface area (Å²) in [6, 6.07) is 0. The quantitative estimate of drug-likeness (QED) is 0.333. The molecule has 1 N–H and O–H groups in total. The molecule has 5 nitrogen and oxygen atoms in total. The molecule has 0 aromatic carbocycles. The minimum absolute atomic E-state index is 0.549. The Bertz CT molecular complexity index is 163. The Morgan fingerprint density at radius 2 is 2.30 bits per heavy atom. The molecule has 0 aromatic heterocycles. The lowest BCUT2D eigenvalue weighted by atomic mass is 10.3. The van der Waals surface area contributed by atoms with Crippen molar-refractivity contribution < 1.29 is 19.5 Å². The van der Waals surface area contributed by atoms with Crippen LogP contribution in [0.5, 0.6) is 0 Å². The molecule has 0 aromatic rings. The first-order valence-corrected chi connectivity index (χ1v) is 2.48. The molecule has 56 valence electrons. The number of nitrogens with zero attached hydrogens (tertiary/aromatic N) is 1. The summed E-state index contributed by atoms with van der Waals surface area (Å²) in [6.07, 6.45) is 0.279. The Balaban J connectivity index is 3.64. The van der Waals surface area contributed by atoms with Crippen molar-refractivity contribution in [2.45, 2.75) is 6.42 Å². The maximum atomic E-state index is 10.4. The predicted molar refractivity (Wildman–Crippen MR) is 32.8 cm³/mol. The van der Waals surface area contributed by atoms with Crippen LogP contribution in [0.25, 0.3) is 0 Å². The lowest BCUT2D eigenvalue weighted by molar-refractivity contribution is -0.138. The van der Waals surface area contributed by atoms with Crippen LogP contribution in [0.15, 0.2) is 5.16 Å². The van der Waals surface area contributed by atoms with Crippen LogP contribution in [0.2, 0.25) is 0 Å². The number of carboxylic acid groups (broad SMARTS) is 1. The minimum Gasteiger partial charge on any atom is -0.481 e. The lowest BCUT2D eigenvalue weighted by Gasteiger charge is -1.85. The summed E-state index contributed by atoms with van der Waals surface area (Å²) in [6.45, 7) is 0. The van der Waals surface area contributed by atoms with Crippen molar-refractivity contribution >= 4 is 18.0 Å². The summed E-state index contributed by atoms with van der Waals surface area (Å²) < 4.78 is 0. The van der Waals surface area contributed by atoms with Crippen LogP contribution in [-0.2, 0) is 14.4 Å². The maximum Gasteiger partial charge on any atom is 0.311 e. The van der Waals surface area contributed by atoms with Gasteiger partial charge in [0.2, 0.25) is 0 Å². The van der Waals surface area contributed by atoms with E-state index in [1.54, 1.807) is 0 Å². The molecule has 0 rings (SSSR count). The molecule has 0 spiro atoms. The predicted octanol–water partition coefficient (Wildman–Crippen LogP) is -0.338. The van der Waals surface area contributed by atoms with E-state index in [-0.39, 0.29) is 0 Å². The number of hydrogen-bond acceptors (Lipinski definition) is 4. The van der Waals surface area contributed by atoms with Gasteiger partial charge in [0.1, 0.15) is 19.7 Å². The lowest BCUT2D eigenvalue weighted by Crippen LogP contribution is -2.07. The number of Topliss-reactive ketones (excluding diaryl/α,β-unsaturated/α-hetero) is 1. The molecule has 0 saturated heterocycles. The summed E-state index contributed by atoms with van der Waals surface area (Å²) in [5.41, 5.74) is 0. The molecular weight excluding hydrogens is 138 g/mol. The van der Waals surface area contributed by atoms with Gasteiger partial charge in [0.25, 0.3) is 0 Å². The highest BCUT2D eigenvalue weighted by Gasteiger charge is 2.03. The van der Waals surface area contributed by atoms with Gasteiger partial charge < -0.3 is 9.94 Å². The van der Waals surface area contributed by atoms with Crippen molar-refractivity contribution in [3.63, 3.8) is 0 Å². The van der Waals surface area contributed by atoms with Gasteiger partial charge in [-0.1, -0.05) is 5.16 Å². The molecule has 0 atom stereocenters. The Hall–Kier alpha value is -1.39. The van der Waals surface area contributed by atoms with E-state index in [2.05, 4.69) is 9.99 Å². The van der Waals surface area contributed by atoms with Crippen molar-refractivity contribution in [1.82, 2.24) is 0 Å². The average molecular weight is 145 g/mol. The SMILES string of the molecule is CON=CC(=O)CC(=O)O. The molecule has 0 bridgehead atoms. The first-order chi connectivity index (χ1) is 4.66. The Labute approximate surface area is 57.3 Å². The van der Waals surface area contributed by atoms with E-state index in [4.69, 9.17) is 5.11 Å². The van der Waals surface area contributed by atoms with Gasteiger partial charge in [-0.2, -0.15) is 0 Å². The summed E-state index contributed by atoms with van der Waals surface area (Å²) in [5, 5.41) is 11.1. The number of carboxylic acids is 1. The second kappa shape index (κ2) is 4.49. The number of carbonyl (C=O) groups excluding carboxylic acids is 1. The van der Waals surface area contributed by atoms with Gasteiger partial charge in [-0.05, 0) is 0 Å². The molecule has 10 heavy (non-hydrogen) atoms. The number of aliphatic carboxylic acids is 1. The summed E-state index contributed by atoms with van der Waals surface area (Å²) in [7, 11) is 1.27. The van der Waals surface area contributed by atoms with E-state index >= 15 is 0 Å². The van der Waals surface area contributed by atoms with Crippen LogP contribution in [0.1, 0.15) is 6.42 Å². The highest BCUT2D eigenvalue weighted by molar-refractivity contribution is 6.30. The van der Waals surface area contributed by atoms with Gasteiger partial charge in [0.15, 0.2) is 5.78 Å². The Morgan fingerprint density at radius 1 is 1.70 bits per heavy atom. The second-order valence-electron chi connectivity index (χ2n) is 1.45. The monoisotopic (exact) mass is 145 g/mol. The molecule has 0 heterocycles. The van der Waals surface area contributed by atoms with Crippen molar-refractivity contribution in [2.24, 2.45) is 5.16 Å². The molecular formula is C5H7NO4. The molecule has 0 radical (unpaired) electrons. The van der Waals surface area contributed by atoms with Gasteiger partial charge in [-0.3, -0.25) is 9.59 Å². The second-order valence-corrected chi connectivity index (χ2v) is 1.45. The van der Waals surface area contributed by atoms with Crippen LogP contribution in [-0.4, -0.2) is 30.2 Å². The highest BCUT2D eigenvalue weighted by Crippen LogP contribution is 1.79. The Morgan fingerprint density at radius 3 is 2.70 bits per heavy atom. The third kappa shape index (κ3) is 4.76. The van der Waals surface area contributed by atoms with Gasteiger partial charge in [-0.15, -0.1) is 0 Å². The fraction of sp³-hybridized carbons (Fsp3) is 0.400. The highest BCUT2D eigenvalue weighted by atomic mass is 16.6. The van der Waals surface area contributed by atoms with Crippen LogP contribution in [0.3, 0.4) is 0 Å². The van der Waals surface area contributed by atoms with Crippen molar-refractivity contribution in [2.75, 3.05) is 7.11 Å². The third-order valence-corrected chi connectivity index (χ3v) is 0.628. The van der Waals surface area contributed by atoms with Gasteiger partial charge in [-0.25, -0.2) is 0 Å². The number of carbonyl (C=O) groups is 2. The van der Waals surface area contributed by atoms with Gasteiger partial charge in [0.05, 0.1) is 0 Å². The van der Waals surface area contributed by atoms with Crippen LogP contribution in [0, 0.1) is 0 Å². The zero-order valence-electron chi connectivity index (χ0n) is 5.40. The topological polar surface area (TPSA) is 76.0 Å². The summed E-state index contributed by atoms with van der Waals surface area (Å²) >= 11 is 0. The number of rotatable bonds is 4. The minimum atomic E-state index is -1.17. The first-order valence-electron chi connectivity index (χ1n) is 2.48. The van der Waals surface area contributed by atoms with Crippen LogP contribution >= 0.6 is 0 Å². The largest absolute Gasteiger partial charge is 0.481 e. The fourth-order valence-electron chi connectivity index (χ4n) is 0.306. The molecule has 0 amide bonds. The molecule has 5 heteroatoms. The van der Waals surface area contributed by atoms with Gasteiger partial charge in [0, 0.05) is 0 Å². The standard InChI is InChI=1S/C5H7NO4/c1-10-6-3-4(7)2-5(8)9/h3H,2H2,1H3,(H,8,9). The maximum absolute atomic E-state index is 10.4. The fourth-order valence-corrected chi connectivity index (χ4v) is 0.306. The number of hydrogen-bond donors (Lipinski definition) is 1. The van der Waals surface area contributed by atoms with E-state index < -0.39 is 18.2 Å². The summed E-state index contributed by atoms with van der Waals surface area (Å²) in [4.78, 5) is 24.4. The normalized spacial score (nSPS) is 9.70. The summed E-state index contributed by atoms with van der Waals surface area (Å²) in [5.74, 6) is -1.76. The van der Waals surface area contributed by atoms with E-state index in [0.29, 0.717) is 0 Å². The average Bonchev–Trinajstić information content (AvgIpc) is 1.82. The van der Waals surface area contributed by atoms with Crippen molar-refractivity contribution in [3.8, 4) is 0 Å². The van der Waals surface area contributed by atoms with E-state index in [1.165, 1.54) is 7.11 Å². The van der Waals surface area contributed by atoms with E-state index in [0.717, 1.165) is 6.21 Å². The van der Waals surface area contributed by atoms with Crippen molar-refractivity contribution in [3.05, 3.63) is 0 Å². The zero-order chi connectivity index (χ0) is 7.98. The number of ketones is 1. The Kier molecular flexibility index (Phi) is 3.86. The third-order valence-electron chi connectivity index (χ3n) is 0.628. The van der Waals surface area contributed by atoms with Gasteiger partial charge >= 0.3 is 5.97 Å².